The maximum absolute atomic E-state index is 4.25. The van der Waals surface area contributed by atoms with Gasteiger partial charge in [-0.15, -0.1) is 0 Å². The summed E-state index contributed by atoms with van der Waals surface area (Å²) in [6, 6.07) is 3.78. The van der Waals surface area contributed by atoms with Gasteiger partial charge in [-0.25, -0.2) is 0 Å². The van der Waals surface area contributed by atoms with Crippen LogP contribution in [-0.4, -0.2) is 35.1 Å². The molecule has 2 unspecified atom stereocenters. The molecule has 98 valence electrons. The molecule has 2 aliphatic rings. The molecule has 18 heavy (non-hydrogen) atoms. The Kier molecular flexibility index (Phi) is 3.62. The number of piperidine rings is 1. The van der Waals surface area contributed by atoms with Crippen molar-refractivity contribution in [2.24, 2.45) is 0 Å². The van der Waals surface area contributed by atoms with Crippen molar-refractivity contribution in [3.63, 3.8) is 0 Å². The van der Waals surface area contributed by atoms with E-state index in [4.69, 9.17) is 0 Å². The molecule has 3 heteroatoms. The molecule has 2 saturated heterocycles. The highest BCUT2D eigenvalue weighted by Gasteiger charge is 2.31. The van der Waals surface area contributed by atoms with Crippen LogP contribution in [0.15, 0.2) is 18.5 Å². The van der Waals surface area contributed by atoms with E-state index >= 15 is 0 Å². The molecule has 0 aromatic carbocycles. The molecule has 3 heterocycles. The molecule has 0 radical (unpaired) electrons. The first-order valence-corrected chi connectivity index (χ1v) is 7.19. The van der Waals surface area contributed by atoms with Crippen LogP contribution in [0, 0.1) is 6.92 Å². The Bertz CT molecular complexity index is 404. The van der Waals surface area contributed by atoms with Gasteiger partial charge in [0.15, 0.2) is 0 Å². The van der Waals surface area contributed by atoms with Crippen molar-refractivity contribution in [1.29, 1.82) is 0 Å². The summed E-state index contributed by atoms with van der Waals surface area (Å²) in [5.41, 5.74) is 2.56. The van der Waals surface area contributed by atoms with E-state index in [1.807, 2.05) is 12.4 Å². The zero-order valence-electron chi connectivity index (χ0n) is 11.2. The Morgan fingerprint density at radius 2 is 2.28 bits per heavy atom. The Labute approximate surface area is 110 Å². The third-order valence-electron chi connectivity index (χ3n) is 4.35. The second-order valence-corrected chi connectivity index (χ2v) is 5.80. The zero-order valence-corrected chi connectivity index (χ0v) is 11.2. The number of aromatic nitrogens is 1. The number of fused-ring (bicyclic) bond motifs is 1. The minimum absolute atomic E-state index is 0.699. The molecule has 0 aliphatic carbocycles. The Balaban J connectivity index is 1.51. The first kappa shape index (κ1) is 12.1. The third kappa shape index (κ3) is 2.73. The van der Waals surface area contributed by atoms with Crippen LogP contribution in [0.5, 0.6) is 0 Å². The third-order valence-corrected chi connectivity index (χ3v) is 4.35. The predicted molar refractivity (Wildman–Crippen MR) is 73.4 cm³/mol. The molecule has 0 bridgehead atoms. The van der Waals surface area contributed by atoms with Crippen LogP contribution < -0.4 is 5.32 Å². The summed E-state index contributed by atoms with van der Waals surface area (Å²) in [4.78, 5) is 6.93. The molecular weight excluding hydrogens is 222 g/mol. The summed E-state index contributed by atoms with van der Waals surface area (Å²) in [5, 5.41) is 3.71. The van der Waals surface area contributed by atoms with Gasteiger partial charge in [-0.2, -0.15) is 0 Å². The van der Waals surface area contributed by atoms with Gasteiger partial charge in [-0.05, 0) is 56.8 Å². The largest absolute Gasteiger partial charge is 0.310 e. The highest BCUT2D eigenvalue weighted by molar-refractivity contribution is 5.16. The van der Waals surface area contributed by atoms with Crippen molar-refractivity contribution in [2.75, 3.05) is 13.1 Å². The van der Waals surface area contributed by atoms with Crippen LogP contribution in [0.4, 0.5) is 0 Å². The lowest BCUT2D eigenvalue weighted by molar-refractivity contribution is 0.166. The molecule has 0 amide bonds. The van der Waals surface area contributed by atoms with Gasteiger partial charge < -0.3 is 10.2 Å². The topological polar surface area (TPSA) is 28.2 Å². The average molecular weight is 245 g/mol. The highest BCUT2D eigenvalue weighted by Crippen LogP contribution is 2.26. The van der Waals surface area contributed by atoms with Crippen LogP contribution in [0.3, 0.4) is 0 Å². The molecule has 1 aromatic heterocycles. The van der Waals surface area contributed by atoms with Crippen LogP contribution in [-0.2, 0) is 6.54 Å². The minimum atomic E-state index is 0.699. The van der Waals surface area contributed by atoms with Gasteiger partial charge in [0.25, 0.3) is 0 Å². The van der Waals surface area contributed by atoms with Gasteiger partial charge in [0.05, 0.1) is 0 Å². The molecule has 3 rings (SSSR count). The fourth-order valence-corrected chi connectivity index (χ4v) is 3.39. The smallest absolute Gasteiger partial charge is 0.0313 e. The number of nitrogens with one attached hydrogen (secondary N) is 1. The van der Waals surface area contributed by atoms with Gasteiger partial charge >= 0.3 is 0 Å². The molecule has 1 aromatic rings. The summed E-state index contributed by atoms with van der Waals surface area (Å²) >= 11 is 0. The van der Waals surface area contributed by atoms with E-state index in [1.165, 1.54) is 49.9 Å². The Morgan fingerprint density at radius 1 is 1.33 bits per heavy atom. The lowest BCUT2D eigenvalue weighted by Crippen LogP contribution is -2.45. The van der Waals surface area contributed by atoms with Crippen molar-refractivity contribution in [1.82, 2.24) is 15.2 Å². The fraction of sp³-hybridized carbons (Fsp3) is 0.667. The lowest BCUT2D eigenvalue weighted by Gasteiger charge is -2.35. The second kappa shape index (κ2) is 5.37. The minimum Gasteiger partial charge on any atom is -0.310 e. The first-order valence-electron chi connectivity index (χ1n) is 7.19. The molecular formula is C15H23N3. The van der Waals surface area contributed by atoms with Gasteiger partial charge in [0.2, 0.25) is 0 Å². The van der Waals surface area contributed by atoms with Crippen molar-refractivity contribution in [3.05, 3.63) is 29.6 Å². The number of aryl methyl sites for hydroxylation is 1. The van der Waals surface area contributed by atoms with E-state index in [0.29, 0.717) is 6.04 Å². The van der Waals surface area contributed by atoms with E-state index in [9.17, 15) is 0 Å². The summed E-state index contributed by atoms with van der Waals surface area (Å²) in [7, 11) is 0. The summed E-state index contributed by atoms with van der Waals surface area (Å²) < 4.78 is 0. The standard InChI is InChI=1S/C15H23N3/c1-12-7-13(10-16-9-12)11-17-14-4-6-18-5-2-3-15(18)8-14/h7,9-10,14-15,17H,2-6,8,11H2,1H3. The molecule has 0 saturated carbocycles. The first-order chi connectivity index (χ1) is 8.81. The quantitative estimate of drug-likeness (QED) is 0.884. The van der Waals surface area contributed by atoms with E-state index in [-0.39, 0.29) is 0 Å². The van der Waals surface area contributed by atoms with Gasteiger partial charge in [-0.1, -0.05) is 6.07 Å². The lowest BCUT2D eigenvalue weighted by atomic mass is 9.97. The number of nitrogens with zero attached hydrogens (tertiary/aromatic N) is 2. The molecule has 3 nitrogen and oxygen atoms in total. The average Bonchev–Trinajstić information content (AvgIpc) is 2.84. The van der Waals surface area contributed by atoms with Crippen LogP contribution in [0.25, 0.3) is 0 Å². The van der Waals surface area contributed by atoms with Crippen LogP contribution in [0.2, 0.25) is 0 Å². The normalized spacial score (nSPS) is 28.3. The highest BCUT2D eigenvalue weighted by atomic mass is 15.2. The van der Waals surface area contributed by atoms with Crippen molar-refractivity contribution in [2.45, 2.75) is 51.2 Å². The van der Waals surface area contributed by atoms with Crippen molar-refractivity contribution in [3.8, 4) is 0 Å². The SMILES string of the molecule is Cc1cncc(CNC2CCN3CCCC3C2)c1. The van der Waals surface area contributed by atoms with Crippen LogP contribution in [0.1, 0.15) is 36.8 Å². The molecule has 2 fully saturated rings. The summed E-state index contributed by atoms with van der Waals surface area (Å²) in [6.07, 6.45) is 9.34. The van der Waals surface area contributed by atoms with Gasteiger partial charge in [-0.3, -0.25) is 4.98 Å². The molecule has 2 aliphatic heterocycles. The number of pyridine rings is 1. The van der Waals surface area contributed by atoms with E-state index < -0.39 is 0 Å². The van der Waals surface area contributed by atoms with Crippen molar-refractivity contribution < 1.29 is 0 Å². The Morgan fingerprint density at radius 3 is 3.17 bits per heavy atom. The number of hydrogen-bond acceptors (Lipinski definition) is 3. The zero-order chi connectivity index (χ0) is 12.4. The monoisotopic (exact) mass is 245 g/mol. The van der Waals surface area contributed by atoms with E-state index in [1.54, 1.807) is 0 Å². The van der Waals surface area contributed by atoms with Crippen molar-refractivity contribution >= 4 is 0 Å². The maximum atomic E-state index is 4.25. The molecule has 1 N–H and O–H groups in total. The van der Waals surface area contributed by atoms with Gasteiger partial charge in [0, 0.05) is 31.0 Å². The molecule has 2 atom stereocenters. The number of rotatable bonds is 3. The van der Waals surface area contributed by atoms with E-state index in [2.05, 4.69) is 28.2 Å². The van der Waals surface area contributed by atoms with Gasteiger partial charge in [0.1, 0.15) is 0 Å². The summed E-state index contributed by atoms with van der Waals surface area (Å²) in [6.45, 7) is 5.69. The fourth-order valence-electron chi connectivity index (χ4n) is 3.39. The Hall–Kier alpha value is -0.930. The second-order valence-electron chi connectivity index (χ2n) is 5.80. The molecule has 0 spiro atoms. The maximum Gasteiger partial charge on any atom is 0.0313 e. The summed E-state index contributed by atoms with van der Waals surface area (Å²) in [5.74, 6) is 0. The van der Waals surface area contributed by atoms with Crippen LogP contribution >= 0.6 is 0 Å². The predicted octanol–water partition coefficient (Wildman–Crippen LogP) is 2.11. The number of hydrogen-bond donors (Lipinski definition) is 1. The van der Waals surface area contributed by atoms with E-state index in [0.717, 1.165) is 12.6 Å².